The van der Waals surface area contributed by atoms with Crippen molar-refractivity contribution in [2.75, 3.05) is 13.4 Å². The van der Waals surface area contributed by atoms with Gasteiger partial charge in [-0.05, 0) is 18.6 Å². The standard InChI is InChI=1S/C11H11NO3/c12-5-1-2-6-13-9-3-4-10-11(7-9)15-8-14-10/h3-4,7H,1-2,6,8H2. The third-order valence-corrected chi connectivity index (χ3v) is 2.05. The maximum atomic E-state index is 8.35. The van der Waals surface area contributed by atoms with Crippen LogP contribution < -0.4 is 14.2 Å². The lowest BCUT2D eigenvalue weighted by Crippen LogP contribution is -1.96. The molecular formula is C11H11NO3. The van der Waals surface area contributed by atoms with Gasteiger partial charge >= 0.3 is 0 Å². The Morgan fingerprint density at radius 3 is 3.07 bits per heavy atom. The molecule has 0 aliphatic carbocycles. The molecular weight excluding hydrogens is 194 g/mol. The lowest BCUT2D eigenvalue weighted by Gasteiger charge is -2.05. The molecule has 1 heterocycles. The highest BCUT2D eigenvalue weighted by molar-refractivity contribution is 5.46. The second-order valence-electron chi connectivity index (χ2n) is 3.13. The Labute approximate surface area is 88.0 Å². The summed E-state index contributed by atoms with van der Waals surface area (Å²) in [6.45, 7) is 0.820. The van der Waals surface area contributed by atoms with Gasteiger partial charge in [-0.15, -0.1) is 0 Å². The lowest BCUT2D eigenvalue weighted by atomic mass is 10.3. The minimum Gasteiger partial charge on any atom is -0.493 e. The molecule has 0 fully saturated rings. The third kappa shape index (κ3) is 2.32. The van der Waals surface area contributed by atoms with Crippen LogP contribution in [0.3, 0.4) is 0 Å². The van der Waals surface area contributed by atoms with Crippen molar-refractivity contribution in [1.29, 1.82) is 5.26 Å². The quantitative estimate of drug-likeness (QED) is 0.706. The summed E-state index contributed by atoms with van der Waals surface area (Å²) in [5, 5.41) is 8.35. The molecule has 0 radical (unpaired) electrons. The van der Waals surface area contributed by atoms with Crippen molar-refractivity contribution >= 4 is 0 Å². The fraction of sp³-hybridized carbons (Fsp3) is 0.364. The second-order valence-corrected chi connectivity index (χ2v) is 3.13. The number of fused-ring (bicyclic) bond motifs is 1. The number of ether oxygens (including phenoxy) is 3. The van der Waals surface area contributed by atoms with Gasteiger partial charge in [0.25, 0.3) is 0 Å². The highest BCUT2D eigenvalue weighted by Crippen LogP contribution is 2.35. The summed E-state index contributed by atoms with van der Waals surface area (Å²) in [6.07, 6.45) is 1.26. The number of hydrogen-bond donors (Lipinski definition) is 0. The Morgan fingerprint density at radius 1 is 1.33 bits per heavy atom. The van der Waals surface area contributed by atoms with E-state index in [1.807, 2.05) is 12.1 Å². The molecule has 0 saturated carbocycles. The first-order valence-corrected chi connectivity index (χ1v) is 4.79. The lowest BCUT2D eigenvalue weighted by molar-refractivity contribution is 0.173. The SMILES string of the molecule is N#CCCCOc1ccc2c(c1)OCO2. The molecule has 0 spiro atoms. The van der Waals surface area contributed by atoms with Crippen molar-refractivity contribution in [3.8, 4) is 23.3 Å². The van der Waals surface area contributed by atoms with Crippen molar-refractivity contribution in [1.82, 2.24) is 0 Å². The van der Waals surface area contributed by atoms with Gasteiger partial charge in [-0.1, -0.05) is 0 Å². The Morgan fingerprint density at radius 2 is 2.20 bits per heavy atom. The van der Waals surface area contributed by atoms with E-state index in [2.05, 4.69) is 6.07 Å². The monoisotopic (exact) mass is 205 g/mol. The molecule has 0 N–H and O–H groups in total. The zero-order chi connectivity index (χ0) is 10.5. The van der Waals surface area contributed by atoms with E-state index < -0.39 is 0 Å². The minimum atomic E-state index is 0.271. The predicted octanol–water partition coefficient (Wildman–Crippen LogP) is 2.10. The summed E-state index contributed by atoms with van der Waals surface area (Å²) < 4.78 is 15.8. The molecule has 1 aliphatic rings. The summed E-state index contributed by atoms with van der Waals surface area (Å²) in [4.78, 5) is 0. The first-order chi connectivity index (χ1) is 7.40. The van der Waals surface area contributed by atoms with Crippen LogP contribution in [0, 0.1) is 11.3 Å². The molecule has 78 valence electrons. The van der Waals surface area contributed by atoms with E-state index in [1.54, 1.807) is 6.07 Å². The summed E-state index contributed by atoms with van der Waals surface area (Å²) >= 11 is 0. The Kier molecular flexibility index (Phi) is 2.93. The normalized spacial score (nSPS) is 12.2. The Balaban J connectivity index is 1.90. The van der Waals surface area contributed by atoms with E-state index in [0.29, 0.717) is 18.8 Å². The molecule has 15 heavy (non-hydrogen) atoms. The largest absolute Gasteiger partial charge is 0.493 e. The zero-order valence-electron chi connectivity index (χ0n) is 8.23. The van der Waals surface area contributed by atoms with Gasteiger partial charge in [0.1, 0.15) is 5.75 Å². The third-order valence-electron chi connectivity index (χ3n) is 2.05. The molecule has 1 aromatic carbocycles. The van der Waals surface area contributed by atoms with Crippen molar-refractivity contribution in [2.45, 2.75) is 12.8 Å². The van der Waals surface area contributed by atoms with Gasteiger partial charge in [-0.3, -0.25) is 0 Å². The first kappa shape index (κ1) is 9.66. The number of nitrogens with zero attached hydrogens (tertiary/aromatic N) is 1. The molecule has 0 atom stereocenters. The molecule has 1 aromatic rings. The first-order valence-electron chi connectivity index (χ1n) is 4.79. The van der Waals surface area contributed by atoms with Crippen LogP contribution in [0.4, 0.5) is 0 Å². The second kappa shape index (κ2) is 4.56. The molecule has 0 amide bonds. The van der Waals surface area contributed by atoms with Gasteiger partial charge in [0, 0.05) is 12.5 Å². The number of nitriles is 1. The van der Waals surface area contributed by atoms with Gasteiger partial charge in [0.05, 0.1) is 12.7 Å². The molecule has 4 nitrogen and oxygen atoms in total. The van der Waals surface area contributed by atoms with Gasteiger partial charge in [0.15, 0.2) is 11.5 Å². The fourth-order valence-electron chi connectivity index (χ4n) is 1.31. The summed E-state index contributed by atoms with van der Waals surface area (Å²) in [5.41, 5.74) is 0. The maximum absolute atomic E-state index is 8.35. The average molecular weight is 205 g/mol. The van der Waals surface area contributed by atoms with Gasteiger partial charge in [-0.25, -0.2) is 0 Å². The van der Waals surface area contributed by atoms with Crippen molar-refractivity contribution < 1.29 is 14.2 Å². The molecule has 0 saturated heterocycles. The van der Waals surface area contributed by atoms with Crippen molar-refractivity contribution in [3.05, 3.63) is 18.2 Å². The van der Waals surface area contributed by atoms with Crippen LogP contribution in [-0.4, -0.2) is 13.4 Å². The summed E-state index contributed by atoms with van der Waals surface area (Å²) in [6, 6.07) is 7.53. The van der Waals surface area contributed by atoms with Crippen molar-refractivity contribution in [3.63, 3.8) is 0 Å². The number of benzene rings is 1. The average Bonchev–Trinajstić information content (AvgIpc) is 2.71. The van der Waals surface area contributed by atoms with Gasteiger partial charge in [-0.2, -0.15) is 5.26 Å². The van der Waals surface area contributed by atoms with E-state index in [-0.39, 0.29) is 6.79 Å². The molecule has 0 aromatic heterocycles. The van der Waals surface area contributed by atoms with E-state index in [4.69, 9.17) is 19.5 Å². The summed E-state index contributed by atoms with van der Waals surface area (Å²) in [5.74, 6) is 2.21. The van der Waals surface area contributed by atoms with E-state index in [1.165, 1.54) is 0 Å². The van der Waals surface area contributed by atoms with Crippen LogP contribution in [0.5, 0.6) is 17.2 Å². The van der Waals surface area contributed by atoms with Crippen LogP contribution in [0.15, 0.2) is 18.2 Å². The van der Waals surface area contributed by atoms with Gasteiger partial charge in [0.2, 0.25) is 6.79 Å². The fourth-order valence-corrected chi connectivity index (χ4v) is 1.31. The molecule has 0 unspecified atom stereocenters. The smallest absolute Gasteiger partial charge is 0.231 e. The highest BCUT2D eigenvalue weighted by Gasteiger charge is 2.13. The van der Waals surface area contributed by atoms with Crippen LogP contribution in [-0.2, 0) is 0 Å². The van der Waals surface area contributed by atoms with Gasteiger partial charge < -0.3 is 14.2 Å². The summed E-state index contributed by atoms with van der Waals surface area (Å²) in [7, 11) is 0. The molecule has 0 bridgehead atoms. The van der Waals surface area contributed by atoms with Crippen LogP contribution in [0.25, 0.3) is 0 Å². The van der Waals surface area contributed by atoms with Crippen LogP contribution in [0.1, 0.15) is 12.8 Å². The minimum absolute atomic E-state index is 0.271. The highest BCUT2D eigenvalue weighted by atomic mass is 16.7. The van der Waals surface area contributed by atoms with Crippen LogP contribution >= 0.6 is 0 Å². The van der Waals surface area contributed by atoms with E-state index in [0.717, 1.165) is 17.9 Å². The van der Waals surface area contributed by atoms with E-state index in [9.17, 15) is 0 Å². The number of rotatable bonds is 4. The predicted molar refractivity (Wildman–Crippen MR) is 52.9 cm³/mol. The zero-order valence-corrected chi connectivity index (χ0v) is 8.23. The molecule has 2 rings (SSSR count). The molecule has 1 aliphatic heterocycles. The number of unbranched alkanes of at least 4 members (excludes halogenated alkanes) is 1. The van der Waals surface area contributed by atoms with E-state index >= 15 is 0 Å². The number of hydrogen-bond acceptors (Lipinski definition) is 4. The Bertz CT molecular complexity index is 384. The maximum Gasteiger partial charge on any atom is 0.231 e. The van der Waals surface area contributed by atoms with Crippen LogP contribution in [0.2, 0.25) is 0 Å². The topological polar surface area (TPSA) is 51.5 Å². The Hall–Kier alpha value is -1.89. The molecule has 4 heteroatoms. The van der Waals surface area contributed by atoms with Crippen molar-refractivity contribution in [2.24, 2.45) is 0 Å².